The van der Waals surface area contributed by atoms with Gasteiger partial charge in [0, 0.05) is 26.4 Å². The van der Waals surface area contributed by atoms with E-state index in [0.717, 1.165) is 5.56 Å². The van der Waals surface area contributed by atoms with Gasteiger partial charge in [0.1, 0.15) is 0 Å². The summed E-state index contributed by atoms with van der Waals surface area (Å²) in [5.74, 6) is 0. The normalized spacial score (nSPS) is 11.2. The summed E-state index contributed by atoms with van der Waals surface area (Å²) in [6.07, 6.45) is 3.10. The quantitative estimate of drug-likeness (QED) is 0.436. The van der Waals surface area contributed by atoms with Gasteiger partial charge in [-0.3, -0.25) is 10.1 Å². The minimum absolute atomic E-state index is 0.0761. The first kappa shape index (κ1) is 12.4. The van der Waals surface area contributed by atoms with Crippen molar-refractivity contribution in [1.82, 2.24) is 0 Å². The number of ether oxygens (including phenoxy) is 2. The molecule has 1 rings (SSSR count). The minimum atomic E-state index is -0.430. The summed E-state index contributed by atoms with van der Waals surface area (Å²) in [6.45, 7) is 0. The smallest absolute Gasteiger partial charge is 0.269 e. The molecule has 0 saturated heterocycles. The molecule has 0 saturated carbocycles. The van der Waals surface area contributed by atoms with Gasteiger partial charge in [0.05, 0.1) is 4.92 Å². The molecule has 0 heterocycles. The van der Waals surface area contributed by atoms with Crippen molar-refractivity contribution in [1.29, 1.82) is 0 Å². The predicted molar refractivity (Wildman–Crippen MR) is 59.9 cm³/mol. The maximum absolute atomic E-state index is 10.4. The van der Waals surface area contributed by atoms with Gasteiger partial charge < -0.3 is 9.47 Å². The monoisotopic (exact) mass is 223 g/mol. The predicted octanol–water partition coefficient (Wildman–Crippen LogP) is 2.23. The van der Waals surface area contributed by atoms with Crippen molar-refractivity contribution in [2.75, 3.05) is 14.2 Å². The standard InChI is InChI=1S/C11H13NO4/c1-15-11(16-2)8-5-9-3-6-10(7-4-9)12(13)14/h3-8,11H,1-2H3. The first-order valence-electron chi connectivity index (χ1n) is 4.65. The van der Waals surface area contributed by atoms with Crippen LogP contribution in [-0.2, 0) is 9.47 Å². The number of nitrogens with zero attached hydrogens (tertiary/aromatic N) is 1. The average Bonchev–Trinajstić information content (AvgIpc) is 2.31. The van der Waals surface area contributed by atoms with Crippen molar-refractivity contribution in [3.8, 4) is 0 Å². The van der Waals surface area contributed by atoms with Crippen LogP contribution < -0.4 is 0 Å². The van der Waals surface area contributed by atoms with E-state index in [2.05, 4.69) is 0 Å². The van der Waals surface area contributed by atoms with E-state index in [4.69, 9.17) is 9.47 Å². The Kier molecular flexibility index (Phi) is 4.63. The molecule has 86 valence electrons. The summed E-state index contributed by atoms with van der Waals surface area (Å²) in [5.41, 5.74) is 0.928. The molecule has 0 fully saturated rings. The molecular weight excluding hydrogens is 210 g/mol. The fraction of sp³-hybridized carbons (Fsp3) is 0.273. The molecule has 0 unspecified atom stereocenters. The number of methoxy groups -OCH3 is 2. The second-order valence-corrected chi connectivity index (χ2v) is 3.05. The first-order chi connectivity index (χ1) is 7.67. The highest BCUT2D eigenvalue weighted by molar-refractivity contribution is 5.51. The number of nitro benzene ring substituents is 1. The fourth-order valence-corrected chi connectivity index (χ4v) is 1.15. The summed E-state index contributed by atoms with van der Waals surface area (Å²) >= 11 is 0. The third kappa shape index (κ3) is 3.45. The minimum Gasteiger partial charge on any atom is -0.352 e. The van der Waals surface area contributed by atoms with Gasteiger partial charge in [-0.1, -0.05) is 6.08 Å². The number of rotatable bonds is 5. The van der Waals surface area contributed by atoms with E-state index in [1.54, 1.807) is 24.3 Å². The van der Waals surface area contributed by atoms with Gasteiger partial charge >= 0.3 is 0 Å². The highest BCUT2D eigenvalue weighted by Crippen LogP contribution is 2.13. The summed E-state index contributed by atoms with van der Waals surface area (Å²) < 4.78 is 9.93. The molecule has 0 atom stereocenters. The van der Waals surface area contributed by atoms with Crippen molar-refractivity contribution in [2.24, 2.45) is 0 Å². The second-order valence-electron chi connectivity index (χ2n) is 3.05. The van der Waals surface area contributed by atoms with E-state index >= 15 is 0 Å². The van der Waals surface area contributed by atoms with Crippen LogP contribution in [0, 0.1) is 10.1 Å². The van der Waals surface area contributed by atoms with Gasteiger partial charge in [-0.25, -0.2) is 0 Å². The van der Waals surface area contributed by atoms with Crippen LogP contribution in [0.3, 0.4) is 0 Å². The number of hydrogen-bond acceptors (Lipinski definition) is 4. The lowest BCUT2D eigenvalue weighted by atomic mass is 10.2. The molecule has 1 aromatic carbocycles. The van der Waals surface area contributed by atoms with Crippen molar-refractivity contribution in [3.63, 3.8) is 0 Å². The molecule has 16 heavy (non-hydrogen) atoms. The van der Waals surface area contributed by atoms with Gasteiger partial charge in [-0.05, 0) is 23.8 Å². The topological polar surface area (TPSA) is 61.6 Å². The van der Waals surface area contributed by atoms with E-state index in [0.29, 0.717) is 0 Å². The van der Waals surface area contributed by atoms with Crippen LogP contribution in [0.1, 0.15) is 5.56 Å². The Balaban J connectivity index is 2.71. The molecule has 1 aromatic rings. The molecule has 0 radical (unpaired) electrons. The van der Waals surface area contributed by atoms with E-state index in [9.17, 15) is 10.1 Å². The molecule has 0 aliphatic heterocycles. The van der Waals surface area contributed by atoms with Crippen LogP contribution in [0.4, 0.5) is 5.69 Å². The summed E-state index contributed by atoms with van der Waals surface area (Å²) in [4.78, 5) is 9.99. The van der Waals surface area contributed by atoms with Crippen molar-refractivity contribution in [3.05, 3.63) is 46.0 Å². The van der Waals surface area contributed by atoms with Crippen molar-refractivity contribution >= 4 is 11.8 Å². The molecular formula is C11H13NO4. The van der Waals surface area contributed by atoms with Gasteiger partial charge in [0.2, 0.25) is 0 Å². The number of nitro groups is 1. The van der Waals surface area contributed by atoms with Crippen LogP contribution in [-0.4, -0.2) is 25.4 Å². The van der Waals surface area contributed by atoms with E-state index in [-0.39, 0.29) is 5.69 Å². The largest absolute Gasteiger partial charge is 0.352 e. The SMILES string of the molecule is COC(C=Cc1ccc([N+](=O)[O-])cc1)OC. The molecule has 5 heteroatoms. The van der Waals surface area contributed by atoms with Crippen LogP contribution >= 0.6 is 0 Å². The number of benzene rings is 1. The van der Waals surface area contributed by atoms with Crippen LogP contribution in [0.25, 0.3) is 6.08 Å². The maximum Gasteiger partial charge on any atom is 0.269 e. The molecule has 0 spiro atoms. The molecule has 0 aliphatic rings. The Labute approximate surface area is 93.4 Å². The Morgan fingerprint density at radius 3 is 2.25 bits per heavy atom. The fourth-order valence-electron chi connectivity index (χ4n) is 1.15. The van der Waals surface area contributed by atoms with E-state index in [1.807, 2.05) is 0 Å². The first-order valence-corrected chi connectivity index (χ1v) is 4.65. The molecule has 0 aromatic heterocycles. The molecule has 0 bridgehead atoms. The van der Waals surface area contributed by atoms with Crippen LogP contribution in [0.5, 0.6) is 0 Å². The average molecular weight is 223 g/mol. The zero-order valence-corrected chi connectivity index (χ0v) is 9.12. The lowest BCUT2D eigenvalue weighted by Gasteiger charge is -2.06. The van der Waals surface area contributed by atoms with E-state index in [1.165, 1.54) is 26.4 Å². The maximum atomic E-state index is 10.4. The highest BCUT2D eigenvalue weighted by atomic mass is 16.7. The van der Waals surface area contributed by atoms with Crippen molar-refractivity contribution < 1.29 is 14.4 Å². The summed E-state index contributed by atoms with van der Waals surface area (Å²) in [7, 11) is 3.07. The number of non-ortho nitro benzene ring substituents is 1. The zero-order valence-electron chi connectivity index (χ0n) is 9.12. The van der Waals surface area contributed by atoms with Gasteiger partial charge in [0.15, 0.2) is 6.29 Å². The van der Waals surface area contributed by atoms with Gasteiger partial charge in [-0.2, -0.15) is 0 Å². The lowest BCUT2D eigenvalue weighted by Crippen LogP contribution is -2.08. The zero-order chi connectivity index (χ0) is 12.0. The van der Waals surface area contributed by atoms with Gasteiger partial charge in [-0.15, -0.1) is 0 Å². The van der Waals surface area contributed by atoms with Gasteiger partial charge in [0.25, 0.3) is 5.69 Å². The third-order valence-electron chi connectivity index (χ3n) is 2.01. The molecule has 0 amide bonds. The Morgan fingerprint density at radius 1 is 1.25 bits per heavy atom. The van der Waals surface area contributed by atoms with Crippen molar-refractivity contribution in [2.45, 2.75) is 6.29 Å². The Hall–Kier alpha value is -1.72. The summed E-state index contributed by atoms with van der Waals surface area (Å²) in [6, 6.07) is 6.23. The van der Waals surface area contributed by atoms with E-state index < -0.39 is 11.2 Å². The summed E-state index contributed by atoms with van der Waals surface area (Å²) in [5, 5.41) is 10.4. The second kappa shape index (κ2) is 5.99. The van der Waals surface area contributed by atoms with Crippen LogP contribution in [0.15, 0.2) is 30.3 Å². The third-order valence-corrected chi connectivity index (χ3v) is 2.01. The van der Waals surface area contributed by atoms with Crippen LogP contribution in [0.2, 0.25) is 0 Å². The lowest BCUT2D eigenvalue weighted by molar-refractivity contribution is -0.384. The molecule has 0 aliphatic carbocycles. The number of hydrogen-bond donors (Lipinski definition) is 0. The molecule has 0 N–H and O–H groups in total. The molecule has 5 nitrogen and oxygen atoms in total. The highest BCUT2D eigenvalue weighted by Gasteiger charge is 2.03. The Bertz CT molecular complexity index is 368. The Morgan fingerprint density at radius 2 is 1.81 bits per heavy atom.